The molecule has 0 aliphatic rings. The van der Waals surface area contributed by atoms with Crippen molar-refractivity contribution in [1.29, 1.82) is 0 Å². The lowest BCUT2D eigenvalue weighted by Gasteiger charge is -2.26. The minimum Gasteiger partial charge on any atom is -0.0984 e. The summed E-state index contributed by atoms with van der Waals surface area (Å²) in [5.41, 5.74) is 17.6. The molecule has 0 spiro atoms. The van der Waals surface area contributed by atoms with Crippen LogP contribution in [0.25, 0.3) is 51.1 Å². The van der Waals surface area contributed by atoms with Crippen LogP contribution in [0, 0.1) is 20.8 Å². The molecule has 0 aromatic heterocycles. The van der Waals surface area contributed by atoms with Gasteiger partial charge in [-0.3, -0.25) is 0 Å². The van der Waals surface area contributed by atoms with Gasteiger partial charge in [0.05, 0.1) is 0 Å². The van der Waals surface area contributed by atoms with Gasteiger partial charge in [0, 0.05) is 5.92 Å². The minimum absolute atomic E-state index is 0.101. The first-order chi connectivity index (χ1) is 22.0. The Kier molecular flexibility index (Phi) is 8.76. The van der Waals surface area contributed by atoms with Crippen molar-refractivity contribution in [2.75, 3.05) is 0 Å². The van der Waals surface area contributed by atoms with Crippen molar-refractivity contribution in [2.45, 2.75) is 33.6 Å². The lowest BCUT2D eigenvalue weighted by atomic mass is 9.78. The zero-order valence-corrected chi connectivity index (χ0v) is 26.7. The summed E-state index contributed by atoms with van der Waals surface area (Å²) in [5, 5.41) is 0. The first kappa shape index (κ1) is 29.9. The molecule has 1 unspecified atom stereocenters. The van der Waals surface area contributed by atoms with Crippen LogP contribution in [0.5, 0.6) is 0 Å². The third-order valence-electron chi connectivity index (χ3n) is 9.12. The summed E-state index contributed by atoms with van der Waals surface area (Å²) >= 11 is 0. The third kappa shape index (κ3) is 6.10. The molecule has 0 bridgehead atoms. The van der Waals surface area contributed by atoms with Gasteiger partial charge in [0.2, 0.25) is 0 Å². The van der Waals surface area contributed by atoms with E-state index in [1.54, 1.807) is 0 Å². The lowest BCUT2D eigenvalue weighted by molar-refractivity contribution is 0.979. The standard InChI is InChI=1S/C45H40/c1-6-35-25-26-38(36-19-9-7-10-20-36)29-39(35)30-44(37-21-11-8-12-22-37)34(5)45-33(4)42(40-23-15-13-17-31(40)2)27-28-43(45)41-24-16-14-18-32(41)3/h6-30,34H,1H2,2-5H3/b44-30+. The molecule has 0 radical (unpaired) electrons. The summed E-state index contributed by atoms with van der Waals surface area (Å²) < 4.78 is 0. The maximum atomic E-state index is 4.18. The molecule has 0 heteroatoms. The molecule has 6 aromatic rings. The van der Waals surface area contributed by atoms with Crippen molar-refractivity contribution in [3.8, 4) is 33.4 Å². The van der Waals surface area contributed by atoms with E-state index in [1.807, 2.05) is 6.08 Å². The average Bonchev–Trinajstić information content (AvgIpc) is 3.08. The van der Waals surface area contributed by atoms with Crippen LogP contribution < -0.4 is 0 Å². The van der Waals surface area contributed by atoms with E-state index in [-0.39, 0.29) is 5.92 Å². The summed E-state index contributed by atoms with van der Waals surface area (Å²) in [6.07, 6.45) is 4.36. The predicted molar refractivity (Wildman–Crippen MR) is 196 cm³/mol. The molecule has 0 fully saturated rings. The van der Waals surface area contributed by atoms with Gasteiger partial charge in [0.1, 0.15) is 0 Å². The van der Waals surface area contributed by atoms with Crippen molar-refractivity contribution in [3.05, 3.63) is 185 Å². The van der Waals surface area contributed by atoms with Gasteiger partial charge in [-0.15, -0.1) is 0 Å². The topological polar surface area (TPSA) is 0 Å². The van der Waals surface area contributed by atoms with Crippen LogP contribution >= 0.6 is 0 Å². The van der Waals surface area contributed by atoms with Crippen LogP contribution in [0.15, 0.2) is 146 Å². The fraction of sp³-hybridized carbons (Fsp3) is 0.111. The van der Waals surface area contributed by atoms with Gasteiger partial charge < -0.3 is 0 Å². The Morgan fingerprint density at radius 1 is 0.533 bits per heavy atom. The zero-order chi connectivity index (χ0) is 31.3. The normalized spacial score (nSPS) is 12.1. The number of allylic oxidation sites excluding steroid dienone is 1. The molecule has 0 saturated heterocycles. The highest BCUT2D eigenvalue weighted by molar-refractivity contribution is 5.91. The predicted octanol–water partition coefficient (Wildman–Crippen LogP) is 12.6. The Balaban J connectivity index is 1.62. The van der Waals surface area contributed by atoms with Crippen molar-refractivity contribution in [1.82, 2.24) is 0 Å². The molecule has 45 heavy (non-hydrogen) atoms. The molecule has 0 heterocycles. The molecule has 1 atom stereocenters. The summed E-state index contributed by atoms with van der Waals surface area (Å²) in [7, 11) is 0. The van der Waals surface area contributed by atoms with Crippen molar-refractivity contribution in [3.63, 3.8) is 0 Å². The van der Waals surface area contributed by atoms with Gasteiger partial charge in [0.15, 0.2) is 0 Å². The molecule has 220 valence electrons. The Morgan fingerprint density at radius 2 is 1.09 bits per heavy atom. The molecule has 0 aliphatic carbocycles. The summed E-state index contributed by atoms with van der Waals surface area (Å²) in [6, 6.07) is 50.3. The fourth-order valence-electron chi connectivity index (χ4n) is 6.67. The summed E-state index contributed by atoms with van der Waals surface area (Å²) in [6.45, 7) is 13.3. The van der Waals surface area contributed by atoms with Crippen molar-refractivity contribution < 1.29 is 0 Å². The third-order valence-corrected chi connectivity index (χ3v) is 9.12. The first-order valence-electron chi connectivity index (χ1n) is 15.8. The molecule has 0 saturated carbocycles. The van der Waals surface area contributed by atoms with Crippen LogP contribution in [0.2, 0.25) is 0 Å². The molecule has 0 N–H and O–H groups in total. The van der Waals surface area contributed by atoms with E-state index in [0.717, 1.165) is 5.56 Å². The molecule has 0 aliphatic heterocycles. The van der Waals surface area contributed by atoms with Crippen LogP contribution in [-0.4, -0.2) is 0 Å². The average molecular weight is 581 g/mol. The molecule has 6 rings (SSSR count). The van der Waals surface area contributed by atoms with Gasteiger partial charge in [-0.1, -0.05) is 153 Å². The van der Waals surface area contributed by atoms with E-state index in [1.165, 1.54) is 72.3 Å². The number of benzene rings is 6. The van der Waals surface area contributed by atoms with E-state index < -0.39 is 0 Å². The number of hydrogen-bond donors (Lipinski definition) is 0. The van der Waals surface area contributed by atoms with E-state index in [0.29, 0.717) is 0 Å². The molecule has 6 aromatic carbocycles. The number of hydrogen-bond acceptors (Lipinski definition) is 0. The summed E-state index contributed by atoms with van der Waals surface area (Å²) in [5.74, 6) is 0.101. The molecule has 0 nitrogen and oxygen atoms in total. The summed E-state index contributed by atoms with van der Waals surface area (Å²) in [4.78, 5) is 0. The van der Waals surface area contributed by atoms with E-state index in [2.05, 4.69) is 180 Å². The molecular formula is C45H40. The lowest BCUT2D eigenvalue weighted by Crippen LogP contribution is -2.06. The fourth-order valence-corrected chi connectivity index (χ4v) is 6.67. The Labute approximate surface area is 269 Å². The second kappa shape index (κ2) is 13.2. The van der Waals surface area contributed by atoms with E-state index >= 15 is 0 Å². The monoisotopic (exact) mass is 580 g/mol. The van der Waals surface area contributed by atoms with E-state index in [4.69, 9.17) is 0 Å². The largest absolute Gasteiger partial charge is 0.0984 e. The highest BCUT2D eigenvalue weighted by atomic mass is 14.3. The van der Waals surface area contributed by atoms with Crippen LogP contribution in [0.4, 0.5) is 0 Å². The number of aryl methyl sites for hydroxylation is 2. The SMILES string of the molecule is C=Cc1ccc(-c2ccccc2)cc1/C=C(/c1ccccc1)C(C)c1c(-c2ccccc2C)ccc(-c2ccccc2C)c1C. The quantitative estimate of drug-likeness (QED) is 0.157. The van der Waals surface area contributed by atoms with Gasteiger partial charge in [-0.2, -0.15) is 0 Å². The highest BCUT2D eigenvalue weighted by Gasteiger charge is 2.23. The maximum Gasteiger partial charge on any atom is 0.00761 e. The van der Waals surface area contributed by atoms with Crippen molar-refractivity contribution >= 4 is 17.7 Å². The van der Waals surface area contributed by atoms with Gasteiger partial charge >= 0.3 is 0 Å². The van der Waals surface area contributed by atoms with Crippen molar-refractivity contribution in [2.24, 2.45) is 0 Å². The second-order valence-electron chi connectivity index (χ2n) is 11.9. The highest BCUT2D eigenvalue weighted by Crippen LogP contribution is 2.44. The Hall–Kier alpha value is -5.20. The zero-order valence-electron chi connectivity index (χ0n) is 26.7. The van der Waals surface area contributed by atoms with Crippen LogP contribution in [0.1, 0.15) is 51.8 Å². The molecular weight excluding hydrogens is 540 g/mol. The van der Waals surface area contributed by atoms with E-state index in [9.17, 15) is 0 Å². The Bertz CT molecular complexity index is 1990. The van der Waals surface area contributed by atoms with Gasteiger partial charge in [-0.25, -0.2) is 0 Å². The Morgan fingerprint density at radius 3 is 1.71 bits per heavy atom. The van der Waals surface area contributed by atoms with Crippen LogP contribution in [0.3, 0.4) is 0 Å². The maximum absolute atomic E-state index is 4.18. The van der Waals surface area contributed by atoms with Gasteiger partial charge in [-0.05, 0) is 111 Å². The smallest absolute Gasteiger partial charge is 0.00761 e. The first-order valence-corrected chi connectivity index (χ1v) is 15.8. The van der Waals surface area contributed by atoms with Gasteiger partial charge in [0.25, 0.3) is 0 Å². The minimum atomic E-state index is 0.101. The van der Waals surface area contributed by atoms with Crippen LogP contribution in [-0.2, 0) is 0 Å². The second-order valence-corrected chi connectivity index (χ2v) is 11.9. The molecule has 0 amide bonds. The number of rotatable bonds is 8.